The molecule has 0 saturated carbocycles. The summed E-state index contributed by atoms with van der Waals surface area (Å²) in [5, 5.41) is 7.89. The first-order valence-electron chi connectivity index (χ1n) is 2.04. The van der Waals surface area contributed by atoms with Gasteiger partial charge in [-0.2, -0.15) is 5.26 Å². The predicted octanol–water partition coefficient (Wildman–Crippen LogP) is 1.77. The molecule has 0 aromatic carbocycles. The molecule has 0 aromatic rings. The molecule has 0 radical (unpaired) electrons. The monoisotopic (exact) mass is 99.0 g/mol. The number of nitriles is 1. The topological polar surface area (TPSA) is 23.8 Å². The largest absolute Gasteiger partial charge is 0.216 e. The Morgan fingerprint density at radius 3 is 2.86 bits per heavy atom. The summed E-state index contributed by atoms with van der Waals surface area (Å²) in [7, 11) is 0. The molecular weight excluding hydrogens is 93.1 g/mol. The Bertz CT molecular complexity index is 90.7. The Morgan fingerprint density at radius 2 is 2.43 bits per heavy atom. The van der Waals surface area contributed by atoms with Crippen molar-refractivity contribution in [2.24, 2.45) is 0 Å². The Labute approximate surface area is 42.1 Å². The first kappa shape index (κ1) is 6.16. The standard InChI is InChI=1S/C5H6FN/c6-4-2-1-3-5-7/h2,4H,1,3H2. The smallest absolute Gasteiger partial charge is 0.0827 e. The molecule has 0 aliphatic rings. The molecule has 0 rings (SSSR count). The molecule has 0 N–H and O–H groups in total. The van der Waals surface area contributed by atoms with Gasteiger partial charge < -0.3 is 0 Å². The van der Waals surface area contributed by atoms with Gasteiger partial charge in [0.2, 0.25) is 0 Å². The molecule has 0 aromatic heterocycles. The number of unbranched alkanes of at least 4 members (excludes halogenated alkanes) is 1. The van der Waals surface area contributed by atoms with Gasteiger partial charge in [0.05, 0.1) is 12.4 Å². The van der Waals surface area contributed by atoms with E-state index in [4.69, 9.17) is 5.26 Å². The van der Waals surface area contributed by atoms with Crippen molar-refractivity contribution >= 4 is 0 Å². The zero-order valence-electron chi connectivity index (χ0n) is 3.89. The molecule has 0 heterocycles. The normalized spacial score (nSPS) is 9.14. The summed E-state index contributed by atoms with van der Waals surface area (Å²) in [4.78, 5) is 0. The van der Waals surface area contributed by atoms with Crippen molar-refractivity contribution in [1.82, 2.24) is 0 Å². The fourth-order valence-electron chi connectivity index (χ4n) is 0.211. The van der Waals surface area contributed by atoms with E-state index in [-0.39, 0.29) is 0 Å². The lowest BCUT2D eigenvalue weighted by Crippen LogP contribution is -1.59. The van der Waals surface area contributed by atoms with Crippen molar-refractivity contribution in [3.05, 3.63) is 12.4 Å². The fraction of sp³-hybridized carbons (Fsp3) is 0.400. The second-order valence-electron chi connectivity index (χ2n) is 1.06. The second-order valence-corrected chi connectivity index (χ2v) is 1.06. The van der Waals surface area contributed by atoms with E-state index >= 15 is 0 Å². The summed E-state index contributed by atoms with van der Waals surface area (Å²) in [5.41, 5.74) is 0. The van der Waals surface area contributed by atoms with Gasteiger partial charge >= 0.3 is 0 Å². The Hall–Kier alpha value is -0.840. The lowest BCUT2D eigenvalue weighted by molar-refractivity contribution is 0.714. The molecular formula is C5H6FN. The third-order valence-electron chi connectivity index (χ3n) is 0.512. The summed E-state index contributed by atoms with van der Waals surface area (Å²) in [6, 6.07) is 1.88. The van der Waals surface area contributed by atoms with E-state index in [1.807, 2.05) is 6.07 Å². The molecule has 0 fully saturated rings. The summed E-state index contributed by atoms with van der Waals surface area (Å²) < 4.78 is 11.0. The molecule has 0 spiro atoms. The molecule has 38 valence electrons. The molecule has 1 nitrogen and oxygen atoms in total. The maximum absolute atomic E-state index is 11.0. The van der Waals surface area contributed by atoms with Gasteiger partial charge in [-0.15, -0.1) is 0 Å². The third-order valence-corrected chi connectivity index (χ3v) is 0.512. The molecule has 2 heteroatoms. The highest BCUT2D eigenvalue weighted by Gasteiger charge is 1.72. The van der Waals surface area contributed by atoms with Gasteiger partial charge in [-0.3, -0.25) is 0 Å². The third kappa shape index (κ3) is 5.16. The van der Waals surface area contributed by atoms with E-state index in [1.54, 1.807) is 0 Å². The van der Waals surface area contributed by atoms with Gasteiger partial charge in [0.25, 0.3) is 0 Å². The van der Waals surface area contributed by atoms with Crippen LogP contribution >= 0.6 is 0 Å². The fourth-order valence-corrected chi connectivity index (χ4v) is 0.211. The van der Waals surface area contributed by atoms with E-state index in [0.29, 0.717) is 19.2 Å². The predicted molar refractivity (Wildman–Crippen MR) is 25.1 cm³/mol. The van der Waals surface area contributed by atoms with Crippen molar-refractivity contribution < 1.29 is 4.39 Å². The van der Waals surface area contributed by atoms with Gasteiger partial charge in [-0.1, -0.05) is 6.08 Å². The van der Waals surface area contributed by atoms with E-state index in [2.05, 4.69) is 0 Å². The van der Waals surface area contributed by atoms with Gasteiger partial charge in [0.15, 0.2) is 0 Å². The molecule has 0 bridgehead atoms. The number of hydrogen-bond acceptors (Lipinski definition) is 1. The molecule has 0 aliphatic heterocycles. The number of hydrogen-bond donors (Lipinski definition) is 0. The van der Waals surface area contributed by atoms with Crippen LogP contribution in [0.2, 0.25) is 0 Å². The molecule has 0 unspecified atom stereocenters. The number of allylic oxidation sites excluding steroid dienone is 1. The highest BCUT2D eigenvalue weighted by atomic mass is 19.1. The van der Waals surface area contributed by atoms with Gasteiger partial charge in [-0.05, 0) is 6.42 Å². The molecule has 0 atom stereocenters. The van der Waals surface area contributed by atoms with Crippen LogP contribution in [0.5, 0.6) is 0 Å². The highest BCUT2D eigenvalue weighted by Crippen LogP contribution is 1.86. The van der Waals surface area contributed by atoms with Crippen LogP contribution in [0.3, 0.4) is 0 Å². The Kier molecular flexibility index (Phi) is 4.54. The average Bonchev–Trinajstić information content (AvgIpc) is 1.69. The van der Waals surface area contributed by atoms with Crippen LogP contribution in [0.4, 0.5) is 4.39 Å². The zero-order chi connectivity index (χ0) is 5.54. The number of halogens is 1. The maximum atomic E-state index is 11.0. The molecule has 0 amide bonds. The quantitative estimate of drug-likeness (QED) is 0.484. The van der Waals surface area contributed by atoms with Crippen LogP contribution in [0, 0.1) is 11.3 Å². The van der Waals surface area contributed by atoms with Gasteiger partial charge in [-0.25, -0.2) is 4.39 Å². The maximum Gasteiger partial charge on any atom is 0.0827 e. The summed E-state index contributed by atoms with van der Waals surface area (Å²) in [6.45, 7) is 0. The van der Waals surface area contributed by atoms with Crippen molar-refractivity contribution in [2.45, 2.75) is 12.8 Å². The number of rotatable bonds is 2. The second kappa shape index (κ2) is 5.16. The minimum absolute atomic E-state index is 0.403. The van der Waals surface area contributed by atoms with E-state index < -0.39 is 0 Å². The summed E-state index contributed by atoms with van der Waals surface area (Å²) in [6.07, 6.45) is 2.70. The van der Waals surface area contributed by atoms with Crippen LogP contribution in [0.15, 0.2) is 12.4 Å². The first-order chi connectivity index (χ1) is 3.41. The zero-order valence-corrected chi connectivity index (χ0v) is 3.89. The molecule has 0 saturated heterocycles. The van der Waals surface area contributed by atoms with Crippen molar-refractivity contribution in [2.75, 3.05) is 0 Å². The highest BCUT2D eigenvalue weighted by molar-refractivity contribution is 4.79. The summed E-state index contributed by atoms with van der Waals surface area (Å²) in [5.74, 6) is 0. The van der Waals surface area contributed by atoms with Gasteiger partial charge in [0.1, 0.15) is 0 Å². The summed E-state index contributed by atoms with van der Waals surface area (Å²) >= 11 is 0. The van der Waals surface area contributed by atoms with Crippen molar-refractivity contribution in [3.8, 4) is 6.07 Å². The van der Waals surface area contributed by atoms with Crippen LogP contribution in [0.1, 0.15) is 12.8 Å². The average molecular weight is 99.1 g/mol. The van der Waals surface area contributed by atoms with E-state index in [1.165, 1.54) is 6.08 Å². The Morgan fingerprint density at radius 1 is 1.71 bits per heavy atom. The Balaban J connectivity index is 2.87. The van der Waals surface area contributed by atoms with Crippen LogP contribution < -0.4 is 0 Å². The van der Waals surface area contributed by atoms with Gasteiger partial charge in [0, 0.05) is 6.42 Å². The van der Waals surface area contributed by atoms with E-state index in [9.17, 15) is 4.39 Å². The van der Waals surface area contributed by atoms with E-state index in [0.717, 1.165) is 0 Å². The minimum atomic E-state index is 0.403. The molecule has 7 heavy (non-hydrogen) atoms. The SMILES string of the molecule is N#CCCC=CF. The minimum Gasteiger partial charge on any atom is -0.216 e. The lowest BCUT2D eigenvalue weighted by Gasteiger charge is -1.72. The lowest BCUT2D eigenvalue weighted by atomic mass is 10.3. The van der Waals surface area contributed by atoms with Crippen LogP contribution in [-0.2, 0) is 0 Å². The van der Waals surface area contributed by atoms with Crippen molar-refractivity contribution in [1.29, 1.82) is 5.26 Å². The van der Waals surface area contributed by atoms with Crippen molar-refractivity contribution in [3.63, 3.8) is 0 Å². The molecule has 0 aliphatic carbocycles. The van der Waals surface area contributed by atoms with Crippen LogP contribution in [-0.4, -0.2) is 0 Å². The first-order valence-corrected chi connectivity index (χ1v) is 2.04. The van der Waals surface area contributed by atoms with Crippen LogP contribution in [0.25, 0.3) is 0 Å². The number of nitrogens with zero attached hydrogens (tertiary/aromatic N) is 1.